The fourth-order valence-electron chi connectivity index (χ4n) is 4.51. The molecule has 0 radical (unpaired) electrons. The Kier molecular flexibility index (Phi) is 5.64. The number of aliphatic hydroxyl groups excluding tert-OH is 1. The van der Waals surface area contributed by atoms with Gasteiger partial charge in [-0.1, -0.05) is 29.3 Å². The van der Waals surface area contributed by atoms with Gasteiger partial charge in [-0.2, -0.15) is 0 Å². The average Bonchev–Trinajstić information content (AvgIpc) is 3.23. The van der Waals surface area contributed by atoms with Crippen molar-refractivity contribution in [3.05, 3.63) is 51.5 Å². The molecular formula is C22H23Cl2N3O4. The third-order valence-corrected chi connectivity index (χ3v) is 6.53. The first-order chi connectivity index (χ1) is 14.7. The van der Waals surface area contributed by atoms with Crippen LogP contribution in [0.25, 0.3) is 0 Å². The lowest BCUT2D eigenvalue weighted by Crippen LogP contribution is -2.53. The number of hydrogen-bond acceptors (Lipinski definition) is 5. The van der Waals surface area contributed by atoms with E-state index in [1.165, 1.54) is 7.11 Å². The van der Waals surface area contributed by atoms with Crippen molar-refractivity contribution in [3.63, 3.8) is 0 Å². The number of aliphatic hydroxyl groups is 1. The molecule has 4 atom stereocenters. The molecular weight excluding hydrogens is 441 g/mol. The number of benzene rings is 2. The Labute approximate surface area is 190 Å². The molecule has 2 aliphatic heterocycles. The number of methoxy groups -OCH3 is 1. The minimum Gasteiger partial charge on any atom is -0.495 e. The fourth-order valence-corrected chi connectivity index (χ4v) is 5.00. The minimum absolute atomic E-state index is 0.255. The van der Waals surface area contributed by atoms with E-state index < -0.39 is 29.5 Å². The van der Waals surface area contributed by atoms with Crippen molar-refractivity contribution in [1.82, 2.24) is 5.32 Å². The predicted octanol–water partition coefficient (Wildman–Crippen LogP) is 3.46. The number of carbonyl (C=O) groups excluding carboxylic acids is 2. The second kappa shape index (κ2) is 7.98. The Hall–Kier alpha value is -2.32. The van der Waals surface area contributed by atoms with E-state index in [2.05, 4.69) is 16.0 Å². The van der Waals surface area contributed by atoms with Crippen molar-refractivity contribution in [2.75, 3.05) is 17.7 Å². The SMILES string of the molecule is COc1ccc(Cl)cc1NC(=O)[C@@H]1C[C@H]([C@@H](C)O)N[C@@]12C(=O)Nc1c(Cl)cc(C)cc12. The summed E-state index contributed by atoms with van der Waals surface area (Å²) in [5.74, 6) is -1.14. The van der Waals surface area contributed by atoms with Crippen LogP contribution in [0.5, 0.6) is 5.75 Å². The summed E-state index contributed by atoms with van der Waals surface area (Å²) in [6.07, 6.45) is -0.516. The van der Waals surface area contributed by atoms with E-state index in [4.69, 9.17) is 27.9 Å². The number of carbonyl (C=O) groups is 2. The number of fused-ring (bicyclic) bond motifs is 2. The van der Waals surface area contributed by atoms with E-state index in [9.17, 15) is 14.7 Å². The highest BCUT2D eigenvalue weighted by molar-refractivity contribution is 6.35. The first-order valence-electron chi connectivity index (χ1n) is 9.89. The molecule has 0 unspecified atom stereocenters. The minimum atomic E-state index is -1.36. The van der Waals surface area contributed by atoms with Crippen molar-refractivity contribution in [2.24, 2.45) is 5.92 Å². The zero-order chi connectivity index (χ0) is 22.5. The van der Waals surface area contributed by atoms with Gasteiger partial charge in [0.1, 0.15) is 11.3 Å². The van der Waals surface area contributed by atoms with Crippen molar-refractivity contribution in [2.45, 2.75) is 38.0 Å². The maximum absolute atomic E-state index is 13.5. The first kappa shape index (κ1) is 21.9. The number of anilines is 2. The van der Waals surface area contributed by atoms with Gasteiger partial charge in [0.15, 0.2) is 0 Å². The molecule has 9 heteroatoms. The third kappa shape index (κ3) is 3.55. The third-order valence-electron chi connectivity index (χ3n) is 6.00. The lowest BCUT2D eigenvalue weighted by atomic mass is 9.79. The van der Waals surface area contributed by atoms with Crippen LogP contribution < -0.4 is 20.7 Å². The van der Waals surface area contributed by atoms with E-state index >= 15 is 0 Å². The molecule has 7 nitrogen and oxygen atoms in total. The number of rotatable bonds is 4. The van der Waals surface area contributed by atoms with Gasteiger partial charge in [-0.3, -0.25) is 14.9 Å². The highest BCUT2D eigenvalue weighted by Gasteiger charge is 2.61. The second-order valence-corrected chi connectivity index (χ2v) is 8.89. The fraction of sp³-hybridized carbons (Fsp3) is 0.364. The van der Waals surface area contributed by atoms with Crippen LogP contribution in [0.2, 0.25) is 10.0 Å². The molecule has 1 fully saturated rings. The normalized spacial score (nSPS) is 25.3. The molecule has 1 spiro atoms. The van der Waals surface area contributed by atoms with Gasteiger partial charge >= 0.3 is 0 Å². The molecule has 4 rings (SSSR count). The highest BCUT2D eigenvalue weighted by atomic mass is 35.5. The topological polar surface area (TPSA) is 99.7 Å². The molecule has 164 valence electrons. The van der Waals surface area contributed by atoms with Gasteiger partial charge in [0, 0.05) is 16.6 Å². The Morgan fingerprint density at radius 1 is 1.32 bits per heavy atom. The molecule has 0 bridgehead atoms. The van der Waals surface area contributed by atoms with Gasteiger partial charge in [-0.05, 0) is 50.1 Å². The Morgan fingerprint density at radius 3 is 2.74 bits per heavy atom. The summed E-state index contributed by atoms with van der Waals surface area (Å²) in [7, 11) is 1.49. The molecule has 31 heavy (non-hydrogen) atoms. The smallest absolute Gasteiger partial charge is 0.250 e. The van der Waals surface area contributed by atoms with Crippen LogP contribution in [0.3, 0.4) is 0 Å². The number of halogens is 2. The maximum atomic E-state index is 13.5. The van der Waals surface area contributed by atoms with E-state index in [0.717, 1.165) is 5.56 Å². The van der Waals surface area contributed by atoms with Crippen LogP contribution in [-0.4, -0.2) is 36.2 Å². The number of amides is 2. The summed E-state index contributed by atoms with van der Waals surface area (Å²) in [4.78, 5) is 26.8. The number of hydrogen-bond donors (Lipinski definition) is 4. The first-order valence-corrected chi connectivity index (χ1v) is 10.6. The molecule has 0 aliphatic carbocycles. The van der Waals surface area contributed by atoms with Gasteiger partial charge in [0.2, 0.25) is 11.8 Å². The number of nitrogens with one attached hydrogen (secondary N) is 3. The van der Waals surface area contributed by atoms with E-state index in [1.807, 2.05) is 13.0 Å². The number of ether oxygens (including phenoxy) is 1. The molecule has 4 N–H and O–H groups in total. The molecule has 1 saturated heterocycles. The zero-order valence-electron chi connectivity index (χ0n) is 17.3. The molecule has 2 aromatic carbocycles. The van der Waals surface area contributed by atoms with Crippen LogP contribution in [0.1, 0.15) is 24.5 Å². The summed E-state index contributed by atoms with van der Waals surface area (Å²) in [6.45, 7) is 3.50. The van der Waals surface area contributed by atoms with Crippen LogP contribution in [0.4, 0.5) is 11.4 Å². The molecule has 2 aromatic rings. The Bertz CT molecular complexity index is 1070. The summed E-state index contributed by atoms with van der Waals surface area (Å²) in [5.41, 5.74) is 0.981. The summed E-state index contributed by atoms with van der Waals surface area (Å²) < 4.78 is 5.32. The standard InChI is InChI=1S/C22H23Cl2N3O4/c1-10-6-13-19(15(24)7-10)26-21(30)22(13)14(9-16(27-22)11(2)28)20(29)25-17-8-12(23)4-5-18(17)31-3/h4-8,11,14,16,27-28H,9H2,1-3H3,(H,25,29)(H,26,30)/t11-,14+,16-,22-/m1/s1. The Balaban J connectivity index is 1.79. The van der Waals surface area contributed by atoms with Gasteiger partial charge in [0.05, 0.1) is 35.5 Å². The average molecular weight is 464 g/mol. The summed E-state index contributed by atoms with van der Waals surface area (Å²) in [5, 5.41) is 20.0. The summed E-state index contributed by atoms with van der Waals surface area (Å²) >= 11 is 12.5. The summed E-state index contributed by atoms with van der Waals surface area (Å²) in [6, 6.07) is 8.03. The van der Waals surface area contributed by atoms with Gasteiger partial charge < -0.3 is 20.5 Å². The van der Waals surface area contributed by atoms with E-state index in [-0.39, 0.29) is 12.3 Å². The molecule has 0 saturated carbocycles. The van der Waals surface area contributed by atoms with Gasteiger partial charge in [-0.15, -0.1) is 0 Å². The zero-order valence-corrected chi connectivity index (χ0v) is 18.8. The maximum Gasteiger partial charge on any atom is 0.250 e. The van der Waals surface area contributed by atoms with Crippen LogP contribution in [-0.2, 0) is 15.1 Å². The number of aryl methyl sites for hydroxylation is 1. The molecule has 2 amide bonds. The van der Waals surface area contributed by atoms with E-state index in [0.29, 0.717) is 32.7 Å². The van der Waals surface area contributed by atoms with Crippen molar-refractivity contribution in [1.29, 1.82) is 0 Å². The van der Waals surface area contributed by atoms with Crippen LogP contribution in [0.15, 0.2) is 30.3 Å². The van der Waals surface area contributed by atoms with Crippen LogP contribution >= 0.6 is 23.2 Å². The predicted molar refractivity (Wildman–Crippen MR) is 120 cm³/mol. The quantitative estimate of drug-likeness (QED) is 0.556. The van der Waals surface area contributed by atoms with E-state index in [1.54, 1.807) is 31.2 Å². The molecule has 2 aliphatic rings. The Morgan fingerprint density at radius 2 is 2.06 bits per heavy atom. The van der Waals surface area contributed by atoms with Gasteiger partial charge in [-0.25, -0.2) is 0 Å². The monoisotopic (exact) mass is 463 g/mol. The highest BCUT2D eigenvalue weighted by Crippen LogP contribution is 2.50. The molecule has 2 heterocycles. The van der Waals surface area contributed by atoms with Crippen molar-refractivity contribution >= 4 is 46.4 Å². The second-order valence-electron chi connectivity index (χ2n) is 8.05. The van der Waals surface area contributed by atoms with Gasteiger partial charge in [0.25, 0.3) is 0 Å². The lowest BCUT2D eigenvalue weighted by molar-refractivity contribution is -0.130. The van der Waals surface area contributed by atoms with Crippen LogP contribution in [0, 0.1) is 12.8 Å². The van der Waals surface area contributed by atoms with Crippen molar-refractivity contribution in [3.8, 4) is 5.75 Å². The molecule has 0 aromatic heterocycles. The van der Waals surface area contributed by atoms with Crippen molar-refractivity contribution < 1.29 is 19.4 Å². The largest absolute Gasteiger partial charge is 0.495 e. The lowest BCUT2D eigenvalue weighted by Gasteiger charge is -2.30.